The van der Waals surface area contributed by atoms with E-state index in [1.165, 1.54) is 0 Å². The lowest BCUT2D eigenvalue weighted by atomic mass is 10.1. The molecule has 2 N–H and O–H groups in total. The third kappa shape index (κ3) is 3.73. The molecule has 1 aliphatic rings. The van der Waals surface area contributed by atoms with Crippen LogP contribution in [0, 0.1) is 5.92 Å². The molecule has 7 nitrogen and oxygen atoms in total. The van der Waals surface area contributed by atoms with Crippen LogP contribution in [0.15, 0.2) is 42.7 Å². The average molecular weight is 328 g/mol. The van der Waals surface area contributed by atoms with Crippen LogP contribution in [0.2, 0.25) is 0 Å². The van der Waals surface area contributed by atoms with E-state index in [1.807, 2.05) is 41.2 Å². The zero-order valence-corrected chi connectivity index (χ0v) is 13.3. The van der Waals surface area contributed by atoms with Gasteiger partial charge in [-0.1, -0.05) is 24.3 Å². The van der Waals surface area contributed by atoms with Gasteiger partial charge in [0.1, 0.15) is 0 Å². The molecule has 1 saturated heterocycles. The summed E-state index contributed by atoms with van der Waals surface area (Å²) in [7, 11) is 0. The minimum Gasteiger partial charge on any atom is -0.481 e. The van der Waals surface area contributed by atoms with Crippen molar-refractivity contribution in [3.63, 3.8) is 0 Å². The number of urea groups is 1. The first-order chi connectivity index (χ1) is 11.6. The minimum absolute atomic E-state index is 0.215. The van der Waals surface area contributed by atoms with Gasteiger partial charge in [-0.2, -0.15) is 5.10 Å². The Hall–Kier alpha value is -2.83. The standard InChI is InChI=1S/C17H20N4O3/c22-16(23)15-6-9-20(11-15)17(24)18-10-13-4-1-2-5-14(13)12-21-8-3-7-19-21/h1-5,7-8,15H,6,9-12H2,(H,18,24)(H,22,23). The molecule has 0 bridgehead atoms. The van der Waals surface area contributed by atoms with E-state index in [1.54, 1.807) is 11.1 Å². The van der Waals surface area contributed by atoms with Gasteiger partial charge in [0, 0.05) is 32.0 Å². The van der Waals surface area contributed by atoms with Crippen LogP contribution in [0.1, 0.15) is 17.5 Å². The van der Waals surface area contributed by atoms with Crippen LogP contribution in [-0.4, -0.2) is 44.9 Å². The molecule has 2 aromatic rings. The lowest BCUT2D eigenvalue weighted by Crippen LogP contribution is -2.38. The zero-order chi connectivity index (χ0) is 16.9. The maximum Gasteiger partial charge on any atom is 0.317 e. The molecule has 0 saturated carbocycles. The van der Waals surface area contributed by atoms with E-state index in [2.05, 4.69) is 10.4 Å². The molecule has 126 valence electrons. The van der Waals surface area contributed by atoms with E-state index in [0.29, 0.717) is 26.1 Å². The third-order valence-electron chi connectivity index (χ3n) is 4.26. The first-order valence-corrected chi connectivity index (χ1v) is 7.93. The molecule has 1 fully saturated rings. The molecule has 1 aromatic heterocycles. The fraction of sp³-hybridized carbons (Fsp3) is 0.353. The predicted octanol–water partition coefficient (Wildman–Crippen LogP) is 1.55. The van der Waals surface area contributed by atoms with E-state index < -0.39 is 11.9 Å². The maximum atomic E-state index is 12.2. The van der Waals surface area contributed by atoms with Crippen molar-refractivity contribution in [2.24, 2.45) is 5.92 Å². The number of amides is 2. The van der Waals surface area contributed by atoms with Crippen LogP contribution in [0.5, 0.6) is 0 Å². The van der Waals surface area contributed by atoms with Crippen molar-refractivity contribution >= 4 is 12.0 Å². The van der Waals surface area contributed by atoms with Crippen LogP contribution in [0.3, 0.4) is 0 Å². The second-order valence-electron chi connectivity index (χ2n) is 5.90. The van der Waals surface area contributed by atoms with Gasteiger partial charge in [-0.3, -0.25) is 9.48 Å². The Morgan fingerprint density at radius 2 is 2.04 bits per heavy atom. The molecule has 1 unspecified atom stereocenters. The fourth-order valence-electron chi connectivity index (χ4n) is 2.88. The minimum atomic E-state index is -0.838. The van der Waals surface area contributed by atoms with Gasteiger partial charge >= 0.3 is 12.0 Å². The zero-order valence-electron chi connectivity index (χ0n) is 13.3. The molecule has 1 atom stereocenters. The number of hydrogen-bond donors (Lipinski definition) is 2. The SMILES string of the molecule is O=C(O)C1CCN(C(=O)NCc2ccccc2Cn2cccn2)C1. The van der Waals surface area contributed by atoms with Crippen LogP contribution < -0.4 is 5.32 Å². The number of carboxylic acids is 1. The Balaban J connectivity index is 1.59. The summed E-state index contributed by atoms with van der Waals surface area (Å²) in [5, 5.41) is 16.1. The number of carboxylic acid groups (broad SMARTS) is 1. The number of carbonyl (C=O) groups is 2. The summed E-state index contributed by atoms with van der Waals surface area (Å²) in [6.45, 7) is 1.81. The number of hydrogen-bond acceptors (Lipinski definition) is 3. The Kier molecular flexibility index (Phi) is 4.79. The second-order valence-corrected chi connectivity index (χ2v) is 5.90. The summed E-state index contributed by atoms with van der Waals surface area (Å²) in [6.07, 6.45) is 4.14. The highest BCUT2D eigenvalue weighted by molar-refractivity contribution is 5.77. The van der Waals surface area contributed by atoms with Gasteiger partial charge in [-0.05, 0) is 23.6 Å². The lowest BCUT2D eigenvalue weighted by molar-refractivity contribution is -0.141. The largest absolute Gasteiger partial charge is 0.481 e. The number of nitrogens with one attached hydrogen (secondary N) is 1. The molecular weight excluding hydrogens is 308 g/mol. The van der Waals surface area contributed by atoms with E-state index in [-0.39, 0.29) is 12.6 Å². The van der Waals surface area contributed by atoms with E-state index >= 15 is 0 Å². The summed E-state index contributed by atoms with van der Waals surface area (Å²) in [4.78, 5) is 24.8. The highest BCUT2D eigenvalue weighted by atomic mass is 16.4. The van der Waals surface area contributed by atoms with Crippen molar-refractivity contribution in [3.05, 3.63) is 53.9 Å². The van der Waals surface area contributed by atoms with Crippen molar-refractivity contribution in [2.45, 2.75) is 19.5 Å². The maximum absolute atomic E-state index is 12.2. The summed E-state index contributed by atoms with van der Waals surface area (Å²) in [5.74, 6) is -1.29. The van der Waals surface area contributed by atoms with Crippen molar-refractivity contribution < 1.29 is 14.7 Å². The average Bonchev–Trinajstić information content (AvgIpc) is 3.25. The molecule has 2 heterocycles. The molecule has 2 amide bonds. The number of benzene rings is 1. The highest BCUT2D eigenvalue weighted by Crippen LogP contribution is 2.16. The Labute approximate surface area is 139 Å². The van der Waals surface area contributed by atoms with Crippen molar-refractivity contribution in [3.8, 4) is 0 Å². The van der Waals surface area contributed by atoms with Crippen LogP contribution in [-0.2, 0) is 17.9 Å². The summed E-state index contributed by atoms with van der Waals surface area (Å²) >= 11 is 0. The smallest absolute Gasteiger partial charge is 0.317 e. The van der Waals surface area contributed by atoms with Crippen molar-refractivity contribution in [2.75, 3.05) is 13.1 Å². The molecule has 1 aliphatic heterocycles. The molecular formula is C17H20N4O3. The second kappa shape index (κ2) is 7.16. The highest BCUT2D eigenvalue weighted by Gasteiger charge is 2.30. The van der Waals surface area contributed by atoms with Crippen LogP contribution in [0.25, 0.3) is 0 Å². The third-order valence-corrected chi connectivity index (χ3v) is 4.26. The molecule has 0 spiro atoms. The van der Waals surface area contributed by atoms with Gasteiger partial charge in [0.2, 0.25) is 0 Å². The monoisotopic (exact) mass is 328 g/mol. The van der Waals surface area contributed by atoms with E-state index in [0.717, 1.165) is 11.1 Å². The fourth-order valence-corrected chi connectivity index (χ4v) is 2.88. The molecule has 0 aliphatic carbocycles. The lowest BCUT2D eigenvalue weighted by Gasteiger charge is -2.17. The first-order valence-electron chi connectivity index (χ1n) is 7.93. The number of aliphatic carboxylic acids is 1. The van der Waals surface area contributed by atoms with Gasteiger partial charge < -0.3 is 15.3 Å². The Bertz CT molecular complexity index is 714. The Morgan fingerprint density at radius 1 is 1.25 bits per heavy atom. The number of carbonyl (C=O) groups excluding carboxylic acids is 1. The van der Waals surface area contributed by atoms with Gasteiger partial charge in [-0.15, -0.1) is 0 Å². The predicted molar refractivity (Wildman–Crippen MR) is 87.3 cm³/mol. The number of likely N-dealkylation sites (tertiary alicyclic amines) is 1. The first kappa shape index (κ1) is 16.0. The molecule has 1 aromatic carbocycles. The summed E-state index contributed by atoms with van der Waals surface area (Å²) in [6, 6.07) is 9.54. The van der Waals surface area contributed by atoms with Crippen LogP contribution >= 0.6 is 0 Å². The molecule has 24 heavy (non-hydrogen) atoms. The summed E-state index contributed by atoms with van der Waals surface area (Å²) < 4.78 is 1.83. The van der Waals surface area contributed by atoms with Crippen molar-refractivity contribution in [1.82, 2.24) is 20.0 Å². The normalized spacial score (nSPS) is 17.0. The van der Waals surface area contributed by atoms with E-state index in [9.17, 15) is 9.59 Å². The van der Waals surface area contributed by atoms with E-state index in [4.69, 9.17) is 5.11 Å². The van der Waals surface area contributed by atoms with Gasteiger partial charge in [0.05, 0.1) is 12.5 Å². The Morgan fingerprint density at radius 3 is 2.71 bits per heavy atom. The quantitative estimate of drug-likeness (QED) is 0.872. The number of aromatic nitrogens is 2. The van der Waals surface area contributed by atoms with Gasteiger partial charge in [0.25, 0.3) is 0 Å². The van der Waals surface area contributed by atoms with Crippen molar-refractivity contribution in [1.29, 1.82) is 0 Å². The summed E-state index contributed by atoms with van der Waals surface area (Å²) in [5.41, 5.74) is 2.11. The number of rotatable bonds is 5. The van der Waals surface area contributed by atoms with Gasteiger partial charge in [-0.25, -0.2) is 4.79 Å². The molecule has 7 heteroatoms. The molecule has 0 radical (unpaired) electrons. The molecule has 3 rings (SSSR count). The topological polar surface area (TPSA) is 87.5 Å². The van der Waals surface area contributed by atoms with Gasteiger partial charge in [0.15, 0.2) is 0 Å². The number of nitrogens with zero attached hydrogens (tertiary/aromatic N) is 3. The van der Waals surface area contributed by atoms with Crippen LogP contribution in [0.4, 0.5) is 4.79 Å².